The average molecular weight is 351 g/mol. The molecule has 118 valence electrons. The Hall–Kier alpha value is -2.64. The normalized spacial score (nSPS) is 10.7. The summed E-state index contributed by atoms with van der Waals surface area (Å²) in [5, 5.41) is 8.17. The first kappa shape index (κ1) is 14.9. The van der Waals surface area contributed by atoms with Gasteiger partial charge in [-0.25, -0.2) is 15.0 Å². The molecule has 4 heterocycles. The molecule has 4 aromatic heterocycles. The quantitative estimate of drug-likeness (QED) is 0.579. The van der Waals surface area contributed by atoms with E-state index in [1.54, 1.807) is 41.3 Å². The van der Waals surface area contributed by atoms with E-state index in [0.717, 1.165) is 26.7 Å². The van der Waals surface area contributed by atoms with Gasteiger partial charge in [-0.3, -0.25) is 4.98 Å². The number of hydrogen-bond acceptors (Lipinski definition) is 7. The number of nitrogens with zero attached hydrogens (tertiary/aromatic N) is 4. The van der Waals surface area contributed by atoms with Crippen molar-refractivity contribution in [3.05, 3.63) is 65.4 Å². The Morgan fingerprint density at radius 1 is 0.958 bits per heavy atom. The van der Waals surface area contributed by atoms with E-state index in [4.69, 9.17) is 4.98 Å². The lowest BCUT2D eigenvalue weighted by atomic mass is 10.2. The second kappa shape index (κ2) is 6.86. The minimum atomic E-state index is 0.595. The zero-order chi connectivity index (χ0) is 16.2. The van der Waals surface area contributed by atoms with Gasteiger partial charge in [0.1, 0.15) is 10.7 Å². The van der Waals surface area contributed by atoms with Crippen molar-refractivity contribution in [3.63, 3.8) is 0 Å². The molecule has 0 radical (unpaired) electrons. The van der Waals surface area contributed by atoms with Gasteiger partial charge >= 0.3 is 0 Å². The second-order valence-electron chi connectivity index (χ2n) is 4.98. The zero-order valence-corrected chi connectivity index (χ0v) is 14.2. The van der Waals surface area contributed by atoms with Gasteiger partial charge in [0.25, 0.3) is 0 Å². The van der Waals surface area contributed by atoms with Crippen LogP contribution in [0.15, 0.2) is 59.8 Å². The molecule has 0 fully saturated rings. The van der Waals surface area contributed by atoms with Crippen LogP contribution in [-0.2, 0) is 6.54 Å². The summed E-state index contributed by atoms with van der Waals surface area (Å²) in [6.45, 7) is 0.651. The van der Waals surface area contributed by atoms with Crippen molar-refractivity contribution < 1.29 is 0 Å². The third kappa shape index (κ3) is 3.17. The van der Waals surface area contributed by atoms with Crippen LogP contribution in [0.4, 0.5) is 5.95 Å². The number of thiophene rings is 1. The van der Waals surface area contributed by atoms with Crippen molar-refractivity contribution in [1.29, 1.82) is 0 Å². The molecule has 0 amide bonds. The van der Waals surface area contributed by atoms with Crippen LogP contribution in [0.2, 0.25) is 0 Å². The van der Waals surface area contributed by atoms with E-state index in [1.807, 2.05) is 29.8 Å². The molecule has 4 rings (SSSR count). The lowest BCUT2D eigenvalue weighted by molar-refractivity contribution is 1.05. The van der Waals surface area contributed by atoms with E-state index < -0.39 is 0 Å². The first-order chi connectivity index (χ1) is 11.9. The van der Waals surface area contributed by atoms with Crippen LogP contribution in [0.3, 0.4) is 0 Å². The van der Waals surface area contributed by atoms with E-state index in [9.17, 15) is 0 Å². The van der Waals surface area contributed by atoms with Crippen LogP contribution in [0.5, 0.6) is 0 Å². The number of pyridine rings is 1. The van der Waals surface area contributed by atoms with E-state index in [1.165, 1.54) is 0 Å². The molecule has 0 saturated heterocycles. The van der Waals surface area contributed by atoms with Crippen molar-refractivity contribution in [1.82, 2.24) is 19.9 Å². The van der Waals surface area contributed by atoms with Crippen molar-refractivity contribution in [3.8, 4) is 21.1 Å². The molecule has 0 aliphatic rings. The molecule has 0 aliphatic heterocycles. The smallest absolute Gasteiger partial charge is 0.223 e. The van der Waals surface area contributed by atoms with Crippen LogP contribution in [0, 0.1) is 0 Å². The van der Waals surface area contributed by atoms with Crippen molar-refractivity contribution in [2.45, 2.75) is 6.54 Å². The van der Waals surface area contributed by atoms with E-state index in [0.29, 0.717) is 12.5 Å². The lowest BCUT2D eigenvalue weighted by Crippen LogP contribution is -2.04. The Morgan fingerprint density at radius 2 is 1.88 bits per heavy atom. The summed E-state index contributed by atoms with van der Waals surface area (Å²) in [7, 11) is 0. The Morgan fingerprint density at radius 3 is 2.62 bits per heavy atom. The Bertz CT molecular complexity index is 906. The number of hydrogen-bond donors (Lipinski definition) is 1. The van der Waals surface area contributed by atoms with Crippen molar-refractivity contribution >= 4 is 28.6 Å². The summed E-state index contributed by atoms with van der Waals surface area (Å²) in [5.74, 6) is 0.595. The van der Waals surface area contributed by atoms with Crippen LogP contribution in [0.25, 0.3) is 21.1 Å². The predicted molar refractivity (Wildman–Crippen MR) is 98.0 cm³/mol. The number of rotatable bonds is 5. The maximum Gasteiger partial charge on any atom is 0.223 e. The SMILES string of the molecule is c1csc(-c2cnc(NCc3ccncc3)nc2-c2nccs2)c1. The van der Waals surface area contributed by atoms with Gasteiger partial charge in [-0.15, -0.1) is 22.7 Å². The third-order valence-electron chi connectivity index (χ3n) is 3.41. The zero-order valence-electron chi connectivity index (χ0n) is 12.6. The van der Waals surface area contributed by atoms with Gasteiger partial charge in [-0.2, -0.15) is 0 Å². The topological polar surface area (TPSA) is 63.6 Å². The molecule has 0 unspecified atom stereocenters. The first-order valence-corrected chi connectivity index (χ1v) is 9.09. The van der Waals surface area contributed by atoms with Gasteiger partial charge in [0.15, 0.2) is 0 Å². The van der Waals surface area contributed by atoms with E-state index in [2.05, 4.69) is 31.7 Å². The maximum atomic E-state index is 4.70. The largest absolute Gasteiger partial charge is 0.350 e. The highest BCUT2D eigenvalue weighted by molar-refractivity contribution is 7.14. The summed E-state index contributed by atoms with van der Waals surface area (Å²) in [6.07, 6.45) is 7.21. The lowest BCUT2D eigenvalue weighted by Gasteiger charge is -2.09. The van der Waals surface area contributed by atoms with Crippen LogP contribution < -0.4 is 5.32 Å². The van der Waals surface area contributed by atoms with Gasteiger partial charge in [-0.05, 0) is 29.1 Å². The van der Waals surface area contributed by atoms with Crippen LogP contribution in [0.1, 0.15) is 5.56 Å². The monoisotopic (exact) mass is 351 g/mol. The molecule has 0 bridgehead atoms. The molecule has 0 aromatic carbocycles. The van der Waals surface area contributed by atoms with Crippen LogP contribution in [-0.4, -0.2) is 19.9 Å². The third-order valence-corrected chi connectivity index (χ3v) is 5.09. The summed E-state index contributed by atoms with van der Waals surface area (Å²) in [5.41, 5.74) is 3.00. The summed E-state index contributed by atoms with van der Waals surface area (Å²) in [6, 6.07) is 8.04. The highest BCUT2D eigenvalue weighted by Gasteiger charge is 2.14. The second-order valence-corrected chi connectivity index (χ2v) is 6.82. The molecular weight excluding hydrogens is 338 g/mol. The van der Waals surface area contributed by atoms with Gasteiger partial charge < -0.3 is 5.32 Å². The fourth-order valence-electron chi connectivity index (χ4n) is 2.26. The van der Waals surface area contributed by atoms with Crippen molar-refractivity contribution in [2.24, 2.45) is 0 Å². The molecule has 0 spiro atoms. The highest BCUT2D eigenvalue weighted by atomic mass is 32.1. The fraction of sp³-hybridized carbons (Fsp3) is 0.0588. The number of anilines is 1. The molecule has 0 saturated carbocycles. The maximum absolute atomic E-state index is 4.70. The van der Waals surface area contributed by atoms with Crippen molar-refractivity contribution in [2.75, 3.05) is 5.32 Å². The molecule has 0 atom stereocenters. The predicted octanol–water partition coefficient (Wildman–Crippen LogP) is 4.34. The minimum absolute atomic E-state index is 0.595. The molecule has 5 nitrogen and oxygen atoms in total. The van der Waals surface area contributed by atoms with Crippen LogP contribution >= 0.6 is 22.7 Å². The Kier molecular flexibility index (Phi) is 4.26. The molecular formula is C17H13N5S2. The number of aromatic nitrogens is 4. The van der Waals surface area contributed by atoms with Gasteiger partial charge in [-0.1, -0.05) is 6.07 Å². The standard InChI is InChI=1S/C17H13N5S2/c1-2-14(23-8-1)13-11-21-17(20-10-12-3-5-18-6-4-12)22-15(13)16-19-7-9-24-16/h1-9,11H,10H2,(H,20,21,22). The van der Waals surface area contributed by atoms with E-state index in [-0.39, 0.29) is 0 Å². The van der Waals surface area contributed by atoms with E-state index >= 15 is 0 Å². The highest BCUT2D eigenvalue weighted by Crippen LogP contribution is 2.34. The summed E-state index contributed by atoms with van der Waals surface area (Å²) in [4.78, 5) is 18.7. The first-order valence-electron chi connectivity index (χ1n) is 7.34. The summed E-state index contributed by atoms with van der Waals surface area (Å²) >= 11 is 3.25. The molecule has 0 aliphatic carbocycles. The Labute approximate surface area is 147 Å². The fourth-order valence-corrected chi connectivity index (χ4v) is 3.64. The molecule has 1 N–H and O–H groups in total. The molecule has 4 aromatic rings. The van der Waals surface area contributed by atoms with Gasteiger partial charge in [0.05, 0.1) is 0 Å². The Balaban J connectivity index is 1.66. The number of thiazole rings is 1. The molecule has 24 heavy (non-hydrogen) atoms. The average Bonchev–Trinajstić information content (AvgIpc) is 3.34. The number of nitrogens with one attached hydrogen (secondary N) is 1. The van der Waals surface area contributed by atoms with Gasteiger partial charge in [0.2, 0.25) is 5.95 Å². The minimum Gasteiger partial charge on any atom is -0.350 e. The van der Waals surface area contributed by atoms with Gasteiger partial charge in [0, 0.05) is 47.2 Å². The summed E-state index contributed by atoms with van der Waals surface area (Å²) < 4.78 is 0. The molecule has 7 heteroatoms.